The number of halogens is 1. The van der Waals surface area contributed by atoms with Crippen molar-refractivity contribution in [3.05, 3.63) is 34.9 Å². The summed E-state index contributed by atoms with van der Waals surface area (Å²) in [6, 6.07) is 7.35. The lowest BCUT2D eigenvalue weighted by Gasteiger charge is -2.23. The van der Waals surface area contributed by atoms with E-state index in [0.29, 0.717) is 13.2 Å². The van der Waals surface area contributed by atoms with Crippen LogP contribution in [0.2, 0.25) is 5.02 Å². The summed E-state index contributed by atoms with van der Waals surface area (Å²) in [5.41, 5.74) is 1.01. The SMILES string of the molecule is CCOC(=O)C(C)N(C)Cc1ccccc1Cl. The molecule has 0 heterocycles. The van der Waals surface area contributed by atoms with E-state index < -0.39 is 0 Å². The van der Waals surface area contributed by atoms with Crippen molar-refractivity contribution in [3.63, 3.8) is 0 Å². The molecule has 0 saturated heterocycles. The first-order valence-corrected chi connectivity index (χ1v) is 6.04. The Bertz CT molecular complexity index is 381. The minimum Gasteiger partial charge on any atom is -0.465 e. The van der Waals surface area contributed by atoms with Crippen molar-refractivity contribution in [2.24, 2.45) is 0 Å². The van der Waals surface area contributed by atoms with Gasteiger partial charge in [0, 0.05) is 11.6 Å². The van der Waals surface area contributed by atoms with Crippen LogP contribution in [0.25, 0.3) is 0 Å². The lowest BCUT2D eigenvalue weighted by Crippen LogP contribution is -2.36. The summed E-state index contributed by atoms with van der Waals surface area (Å²) in [4.78, 5) is 13.5. The number of benzene rings is 1. The maximum absolute atomic E-state index is 11.6. The van der Waals surface area contributed by atoms with Crippen LogP contribution in [-0.2, 0) is 16.1 Å². The van der Waals surface area contributed by atoms with Gasteiger partial charge in [-0.1, -0.05) is 29.8 Å². The Kier molecular flexibility index (Phi) is 5.45. The van der Waals surface area contributed by atoms with E-state index >= 15 is 0 Å². The zero-order valence-corrected chi connectivity index (χ0v) is 11.2. The molecule has 17 heavy (non-hydrogen) atoms. The van der Waals surface area contributed by atoms with Crippen molar-refractivity contribution in [2.75, 3.05) is 13.7 Å². The first kappa shape index (κ1) is 14.0. The minimum atomic E-state index is -0.272. The molecule has 0 N–H and O–H groups in total. The van der Waals surface area contributed by atoms with Gasteiger partial charge in [-0.2, -0.15) is 0 Å². The van der Waals surface area contributed by atoms with E-state index in [1.54, 1.807) is 6.92 Å². The van der Waals surface area contributed by atoms with Gasteiger partial charge in [0.15, 0.2) is 0 Å². The van der Waals surface area contributed by atoms with Crippen LogP contribution in [0.3, 0.4) is 0 Å². The van der Waals surface area contributed by atoms with Gasteiger partial charge in [0.1, 0.15) is 6.04 Å². The van der Waals surface area contributed by atoms with Crippen LogP contribution in [0.4, 0.5) is 0 Å². The molecule has 3 nitrogen and oxygen atoms in total. The third-order valence-corrected chi connectivity index (χ3v) is 3.04. The highest BCUT2D eigenvalue weighted by Gasteiger charge is 2.19. The van der Waals surface area contributed by atoms with Crippen molar-refractivity contribution >= 4 is 17.6 Å². The summed E-state index contributed by atoms with van der Waals surface area (Å²) in [6.45, 7) is 4.66. The summed E-state index contributed by atoms with van der Waals surface area (Å²) >= 11 is 6.07. The smallest absolute Gasteiger partial charge is 0.323 e. The quantitative estimate of drug-likeness (QED) is 0.758. The largest absolute Gasteiger partial charge is 0.465 e. The molecular formula is C13H18ClNO2. The van der Waals surface area contributed by atoms with Crippen LogP contribution in [0.15, 0.2) is 24.3 Å². The molecule has 0 amide bonds. The van der Waals surface area contributed by atoms with Gasteiger partial charge in [0.05, 0.1) is 6.61 Å². The molecule has 1 atom stereocenters. The highest BCUT2D eigenvalue weighted by molar-refractivity contribution is 6.31. The van der Waals surface area contributed by atoms with Gasteiger partial charge in [-0.05, 0) is 32.5 Å². The monoisotopic (exact) mass is 255 g/mol. The third kappa shape index (κ3) is 4.02. The molecule has 1 rings (SSSR count). The fourth-order valence-corrected chi connectivity index (χ4v) is 1.67. The Morgan fingerprint density at radius 2 is 2.12 bits per heavy atom. The third-order valence-electron chi connectivity index (χ3n) is 2.67. The molecule has 0 aromatic heterocycles. The van der Waals surface area contributed by atoms with E-state index in [9.17, 15) is 4.79 Å². The first-order valence-electron chi connectivity index (χ1n) is 5.66. The fourth-order valence-electron chi connectivity index (χ4n) is 1.48. The van der Waals surface area contributed by atoms with Gasteiger partial charge in [-0.25, -0.2) is 0 Å². The number of likely N-dealkylation sites (N-methyl/N-ethyl adjacent to an activating group) is 1. The summed E-state index contributed by atoms with van der Waals surface area (Å²) in [7, 11) is 1.88. The molecule has 0 radical (unpaired) electrons. The van der Waals surface area contributed by atoms with E-state index in [4.69, 9.17) is 16.3 Å². The lowest BCUT2D eigenvalue weighted by molar-refractivity contribution is -0.148. The summed E-state index contributed by atoms with van der Waals surface area (Å²) in [6.07, 6.45) is 0. The molecule has 1 unspecified atom stereocenters. The predicted molar refractivity (Wildman–Crippen MR) is 69.0 cm³/mol. The average Bonchev–Trinajstić information content (AvgIpc) is 2.31. The van der Waals surface area contributed by atoms with E-state index in [-0.39, 0.29) is 12.0 Å². The summed E-state index contributed by atoms with van der Waals surface area (Å²) in [5, 5.41) is 0.718. The molecule has 0 saturated carbocycles. The number of rotatable bonds is 5. The zero-order valence-electron chi connectivity index (χ0n) is 10.4. The number of esters is 1. The zero-order chi connectivity index (χ0) is 12.8. The van der Waals surface area contributed by atoms with Crippen molar-refractivity contribution < 1.29 is 9.53 Å². The van der Waals surface area contributed by atoms with Crippen LogP contribution in [0.1, 0.15) is 19.4 Å². The number of hydrogen-bond acceptors (Lipinski definition) is 3. The fraction of sp³-hybridized carbons (Fsp3) is 0.462. The van der Waals surface area contributed by atoms with E-state index in [1.807, 2.05) is 43.1 Å². The van der Waals surface area contributed by atoms with Crippen LogP contribution in [0, 0.1) is 0 Å². The standard InChI is InChI=1S/C13H18ClNO2/c1-4-17-13(16)10(2)15(3)9-11-7-5-6-8-12(11)14/h5-8,10H,4,9H2,1-3H3. The number of ether oxygens (including phenoxy) is 1. The number of nitrogens with zero attached hydrogens (tertiary/aromatic N) is 1. The van der Waals surface area contributed by atoms with Crippen molar-refractivity contribution in [3.8, 4) is 0 Å². The Labute approximate surface area is 107 Å². The van der Waals surface area contributed by atoms with Crippen molar-refractivity contribution in [1.29, 1.82) is 0 Å². The normalized spacial score (nSPS) is 12.5. The molecule has 0 aliphatic carbocycles. The Morgan fingerprint density at radius 3 is 2.71 bits per heavy atom. The van der Waals surface area contributed by atoms with E-state index in [1.165, 1.54) is 0 Å². The average molecular weight is 256 g/mol. The number of hydrogen-bond donors (Lipinski definition) is 0. The second kappa shape index (κ2) is 6.62. The van der Waals surface area contributed by atoms with Gasteiger partial charge in [0.2, 0.25) is 0 Å². The lowest BCUT2D eigenvalue weighted by atomic mass is 10.2. The Morgan fingerprint density at radius 1 is 1.47 bits per heavy atom. The molecule has 1 aromatic rings. The molecule has 0 aliphatic heterocycles. The second-order valence-corrected chi connectivity index (χ2v) is 4.34. The maximum atomic E-state index is 11.6. The van der Waals surface area contributed by atoms with Crippen molar-refractivity contribution in [2.45, 2.75) is 26.4 Å². The minimum absolute atomic E-state index is 0.206. The van der Waals surface area contributed by atoms with Gasteiger partial charge in [-0.15, -0.1) is 0 Å². The molecule has 0 spiro atoms. The Balaban J connectivity index is 2.63. The summed E-state index contributed by atoms with van der Waals surface area (Å²) in [5.74, 6) is -0.206. The van der Waals surface area contributed by atoms with Gasteiger partial charge in [-0.3, -0.25) is 9.69 Å². The molecule has 1 aromatic carbocycles. The summed E-state index contributed by atoms with van der Waals surface area (Å²) < 4.78 is 4.98. The molecule has 94 valence electrons. The first-order chi connectivity index (χ1) is 8.06. The highest BCUT2D eigenvalue weighted by atomic mass is 35.5. The molecular weight excluding hydrogens is 238 g/mol. The van der Waals surface area contributed by atoms with Gasteiger partial charge < -0.3 is 4.74 Å². The molecule has 0 fully saturated rings. The second-order valence-electron chi connectivity index (χ2n) is 3.93. The van der Waals surface area contributed by atoms with Crippen LogP contribution in [-0.4, -0.2) is 30.6 Å². The Hall–Kier alpha value is -1.06. The van der Waals surface area contributed by atoms with Gasteiger partial charge >= 0.3 is 5.97 Å². The highest BCUT2D eigenvalue weighted by Crippen LogP contribution is 2.17. The van der Waals surface area contributed by atoms with Crippen LogP contribution >= 0.6 is 11.6 Å². The van der Waals surface area contributed by atoms with Crippen molar-refractivity contribution in [1.82, 2.24) is 4.90 Å². The maximum Gasteiger partial charge on any atom is 0.323 e. The van der Waals surface area contributed by atoms with E-state index in [0.717, 1.165) is 10.6 Å². The van der Waals surface area contributed by atoms with E-state index in [2.05, 4.69) is 0 Å². The number of carbonyl (C=O) groups excluding carboxylic acids is 1. The van der Waals surface area contributed by atoms with Crippen LogP contribution < -0.4 is 0 Å². The van der Waals surface area contributed by atoms with Crippen LogP contribution in [0.5, 0.6) is 0 Å². The van der Waals surface area contributed by atoms with Gasteiger partial charge in [0.25, 0.3) is 0 Å². The molecule has 4 heteroatoms. The molecule has 0 aliphatic rings. The topological polar surface area (TPSA) is 29.5 Å². The predicted octanol–water partition coefficient (Wildman–Crippen LogP) is 2.72. The molecule has 0 bridgehead atoms. The number of carbonyl (C=O) groups is 1.